The molecule has 1 N–H and O–H groups in total. The highest BCUT2D eigenvalue weighted by Crippen LogP contribution is 2.20. The molecule has 0 aromatic rings. The molecule has 1 rings (SSSR count). The van der Waals surface area contributed by atoms with Gasteiger partial charge >= 0.3 is 0 Å². The Morgan fingerprint density at radius 3 is 2.57 bits per heavy atom. The molecule has 0 spiro atoms. The third-order valence-corrected chi connectivity index (χ3v) is 3.31. The van der Waals surface area contributed by atoms with Crippen LogP contribution < -0.4 is 5.32 Å². The fourth-order valence-electron chi connectivity index (χ4n) is 2.37. The Hall–Kier alpha value is -0.0800. The van der Waals surface area contributed by atoms with Crippen LogP contribution in [0.2, 0.25) is 0 Å². The summed E-state index contributed by atoms with van der Waals surface area (Å²) in [4.78, 5) is 2.68. The van der Waals surface area contributed by atoms with E-state index >= 15 is 0 Å². The first-order valence-corrected chi connectivity index (χ1v) is 6.14. The lowest BCUT2D eigenvalue weighted by Gasteiger charge is -2.31. The molecular formula is C12H26N2. The van der Waals surface area contributed by atoms with Gasteiger partial charge in [0.15, 0.2) is 0 Å². The molecule has 1 aliphatic heterocycles. The maximum Gasteiger partial charge on any atom is 0.0220 e. The highest BCUT2D eigenvalue weighted by atomic mass is 15.2. The van der Waals surface area contributed by atoms with Crippen molar-refractivity contribution in [2.75, 3.05) is 13.1 Å². The van der Waals surface area contributed by atoms with Crippen LogP contribution in [0.15, 0.2) is 0 Å². The van der Waals surface area contributed by atoms with Crippen molar-refractivity contribution in [2.45, 2.75) is 65.1 Å². The number of nitrogens with zero attached hydrogens (tertiary/aromatic N) is 1. The van der Waals surface area contributed by atoms with Gasteiger partial charge in [0.2, 0.25) is 0 Å². The summed E-state index contributed by atoms with van der Waals surface area (Å²) < 4.78 is 0. The summed E-state index contributed by atoms with van der Waals surface area (Å²) in [5, 5.41) is 3.55. The Morgan fingerprint density at radius 1 is 1.43 bits per heavy atom. The summed E-state index contributed by atoms with van der Waals surface area (Å²) in [5.74, 6) is 0. The van der Waals surface area contributed by atoms with Crippen LogP contribution in [-0.2, 0) is 0 Å². The van der Waals surface area contributed by atoms with Crippen molar-refractivity contribution in [3.05, 3.63) is 0 Å². The Labute approximate surface area is 89.1 Å². The first-order valence-electron chi connectivity index (χ1n) is 6.14. The Bertz CT molecular complexity index is 156. The van der Waals surface area contributed by atoms with Gasteiger partial charge < -0.3 is 5.32 Å². The van der Waals surface area contributed by atoms with Crippen molar-refractivity contribution >= 4 is 0 Å². The molecule has 0 aliphatic carbocycles. The summed E-state index contributed by atoms with van der Waals surface area (Å²) in [6, 6.07) is 2.16. The lowest BCUT2D eigenvalue weighted by Crippen LogP contribution is -2.45. The summed E-state index contributed by atoms with van der Waals surface area (Å²) in [6.45, 7) is 11.6. The Morgan fingerprint density at radius 2 is 2.14 bits per heavy atom. The molecule has 0 aromatic heterocycles. The zero-order valence-corrected chi connectivity index (χ0v) is 10.2. The molecule has 14 heavy (non-hydrogen) atoms. The van der Waals surface area contributed by atoms with Crippen molar-refractivity contribution in [2.24, 2.45) is 0 Å². The number of likely N-dealkylation sites (tertiary alicyclic amines) is 1. The van der Waals surface area contributed by atoms with E-state index in [1.165, 1.54) is 25.8 Å². The van der Waals surface area contributed by atoms with Crippen LogP contribution in [0.3, 0.4) is 0 Å². The summed E-state index contributed by atoms with van der Waals surface area (Å²) in [6.07, 6.45) is 4.04. The van der Waals surface area contributed by atoms with E-state index < -0.39 is 0 Å². The second-order valence-electron chi connectivity index (χ2n) is 4.85. The van der Waals surface area contributed by atoms with Gasteiger partial charge in [-0.1, -0.05) is 20.8 Å². The van der Waals surface area contributed by atoms with Crippen LogP contribution in [0.25, 0.3) is 0 Å². The molecule has 2 heteroatoms. The Balaban J connectivity index is 2.36. The lowest BCUT2D eigenvalue weighted by molar-refractivity contribution is 0.178. The SMILES string of the molecule is CCC(CNC(C)C)N1CCCC1C. The largest absolute Gasteiger partial charge is 0.313 e. The van der Waals surface area contributed by atoms with Crippen LogP contribution in [0, 0.1) is 0 Å². The van der Waals surface area contributed by atoms with Crippen LogP contribution in [0.4, 0.5) is 0 Å². The average molecular weight is 198 g/mol. The third-order valence-electron chi connectivity index (χ3n) is 3.31. The zero-order chi connectivity index (χ0) is 10.6. The van der Waals surface area contributed by atoms with Crippen molar-refractivity contribution in [3.8, 4) is 0 Å². The second-order valence-corrected chi connectivity index (χ2v) is 4.85. The second kappa shape index (κ2) is 5.72. The summed E-state index contributed by atoms with van der Waals surface area (Å²) >= 11 is 0. The monoisotopic (exact) mass is 198 g/mol. The molecule has 0 bridgehead atoms. The summed E-state index contributed by atoms with van der Waals surface area (Å²) in [5.41, 5.74) is 0. The Kier molecular flexibility index (Phi) is 4.90. The van der Waals surface area contributed by atoms with Crippen molar-refractivity contribution in [3.63, 3.8) is 0 Å². The molecule has 2 unspecified atom stereocenters. The first-order chi connectivity index (χ1) is 6.65. The van der Waals surface area contributed by atoms with Crippen LogP contribution >= 0.6 is 0 Å². The minimum atomic E-state index is 0.613. The minimum absolute atomic E-state index is 0.613. The maximum atomic E-state index is 3.55. The van der Waals surface area contributed by atoms with E-state index in [-0.39, 0.29) is 0 Å². The average Bonchev–Trinajstić information content (AvgIpc) is 2.53. The van der Waals surface area contributed by atoms with E-state index in [9.17, 15) is 0 Å². The first kappa shape index (κ1) is 12.0. The third kappa shape index (κ3) is 3.25. The topological polar surface area (TPSA) is 15.3 Å². The fraction of sp³-hybridized carbons (Fsp3) is 1.00. The fourth-order valence-corrected chi connectivity index (χ4v) is 2.37. The smallest absolute Gasteiger partial charge is 0.0220 e. The molecule has 1 aliphatic rings. The van der Waals surface area contributed by atoms with Gasteiger partial charge in [-0.3, -0.25) is 4.90 Å². The van der Waals surface area contributed by atoms with Crippen LogP contribution in [-0.4, -0.2) is 36.1 Å². The van der Waals surface area contributed by atoms with Gasteiger partial charge in [-0.25, -0.2) is 0 Å². The predicted molar refractivity (Wildman–Crippen MR) is 62.6 cm³/mol. The van der Waals surface area contributed by atoms with E-state index in [2.05, 4.69) is 37.9 Å². The molecule has 84 valence electrons. The van der Waals surface area contributed by atoms with Crippen molar-refractivity contribution in [1.29, 1.82) is 0 Å². The zero-order valence-electron chi connectivity index (χ0n) is 10.2. The predicted octanol–water partition coefficient (Wildman–Crippen LogP) is 2.25. The molecule has 0 radical (unpaired) electrons. The standard InChI is InChI=1S/C12H26N2/c1-5-12(9-13-10(2)3)14-8-6-7-11(14)4/h10-13H,5-9H2,1-4H3. The van der Waals surface area contributed by atoms with Gasteiger partial charge in [-0.15, -0.1) is 0 Å². The van der Waals surface area contributed by atoms with E-state index in [4.69, 9.17) is 0 Å². The van der Waals surface area contributed by atoms with Crippen molar-refractivity contribution in [1.82, 2.24) is 10.2 Å². The molecule has 0 aromatic carbocycles. The van der Waals surface area contributed by atoms with E-state index in [1.807, 2.05) is 0 Å². The van der Waals surface area contributed by atoms with Crippen LogP contribution in [0.5, 0.6) is 0 Å². The molecule has 1 saturated heterocycles. The molecule has 1 heterocycles. The summed E-state index contributed by atoms with van der Waals surface area (Å²) in [7, 11) is 0. The maximum absolute atomic E-state index is 3.55. The number of nitrogens with one attached hydrogen (secondary N) is 1. The molecular weight excluding hydrogens is 172 g/mol. The molecule has 2 atom stereocenters. The highest BCUT2D eigenvalue weighted by molar-refractivity contribution is 4.83. The quantitative estimate of drug-likeness (QED) is 0.729. The molecule has 0 amide bonds. The molecule has 0 saturated carbocycles. The van der Waals surface area contributed by atoms with Gasteiger partial charge in [-0.2, -0.15) is 0 Å². The molecule has 1 fully saturated rings. The number of hydrogen-bond donors (Lipinski definition) is 1. The van der Waals surface area contributed by atoms with Gasteiger partial charge in [0.05, 0.1) is 0 Å². The lowest BCUT2D eigenvalue weighted by atomic mass is 10.1. The van der Waals surface area contributed by atoms with Gasteiger partial charge in [0, 0.05) is 24.7 Å². The highest BCUT2D eigenvalue weighted by Gasteiger charge is 2.26. The van der Waals surface area contributed by atoms with E-state index in [0.29, 0.717) is 6.04 Å². The van der Waals surface area contributed by atoms with Gasteiger partial charge in [-0.05, 0) is 32.7 Å². The van der Waals surface area contributed by atoms with E-state index in [0.717, 1.165) is 18.6 Å². The normalized spacial score (nSPS) is 25.9. The number of hydrogen-bond acceptors (Lipinski definition) is 2. The van der Waals surface area contributed by atoms with Crippen LogP contribution in [0.1, 0.15) is 47.0 Å². The van der Waals surface area contributed by atoms with Crippen molar-refractivity contribution < 1.29 is 0 Å². The van der Waals surface area contributed by atoms with Gasteiger partial charge in [0.25, 0.3) is 0 Å². The minimum Gasteiger partial charge on any atom is -0.313 e. The van der Waals surface area contributed by atoms with Gasteiger partial charge in [0.1, 0.15) is 0 Å². The molecule has 2 nitrogen and oxygen atoms in total. The number of rotatable bonds is 5. The van der Waals surface area contributed by atoms with E-state index in [1.54, 1.807) is 0 Å².